The lowest BCUT2D eigenvalue weighted by molar-refractivity contribution is 0.0950. The molecule has 9 heteroatoms. The Kier molecular flexibility index (Phi) is 7.89. The number of carbonyl (C=O) groups is 2. The van der Waals surface area contributed by atoms with Crippen molar-refractivity contribution in [3.8, 4) is 0 Å². The van der Waals surface area contributed by atoms with Crippen LogP contribution in [0.25, 0.3) is 0 Å². The van der Waals surface area contributed by atoms with Crippen molar-refractivity contribution in [2.75, 3.05) is 19.0 Å². The first kappa shape index (κ1) is 25.9. The number of halogens is 2. The van der Waals surface area contributed by atoms with E-state index in [-0.39, 0.29) is 29.1 Å². The predicted octanol–water partition coefficient (Wildman–Crippen LogP) is 4.87. The maximum Gasteiger partial charge on any atom is 0.324 e. The van der Waals surface area contributed by atoms with Gasteiger partial charge in [-0.3, -0.25) is 14.7 Å². The Hall–Kier alpha value is -4.17. The zero-order valence-electron chi connectivity index (χ0n) is 20.5. The van der Waals surface area contributed by atoms with Crippen LogP contribution in [0.5, 0.6) is 0 Å². The van der Waals surface area contributed by atoms with E-state index in [0.29, 0.717) is 24.3 Å². The molecule has 3 N–H and O–H groups in total. The molecule has 3 aromatic rings. The molecule has 190 valence electrons. The molecule has 1 aliphatic rings. The minimum atomic E-state index is -0.496. The molecule has 0 fully saturated rings. The average Bonchev–Trinajstić information content (AvgIpc) is 2.90. The molecule has 0 aromatic heterocycles. The Morgan fingerprint density at radius 2 is 1.95 bits per heavy atom. The summed E-state index contributed by atoms with van der Waals surface area (Å²) in [5.74, 6) is -0.792. The molecule has 0 atom stereocenters. The molecule has 0 bridgehead atoms. The van der Waals surface area contributed by atoms with Crippen molar-refractivity contribution in [1.82, 2.24) is 10.2 Å². The van der Waals surface area contributed by atoms with Crippen LogP contribution in [0, 0.1) is 5.82 Å². The van der Waals surface area contributed by atoms with Crippen LogP contribution in [-0.4, -0.2) is 36.6 Å². The highest BCUT2D eigenvalue weighted by Crippen LogP contribution is 2.32. The Labute approximate surface area is 220 Å². The van der Waals surface area contributed by atoms with E-state index in [1.54, 1.807) is 38.4 Å². The SMILES string of the molecule is CN=C(C=CN)c1cccc(CNC(=O)c2ccc3c(c2)N(Cc2c(F)cccc2Cl)C(=O)N(C)C3)c1. The van der Waals surface area contributed by atoms with Crippen molar-refractivity contribution in [1.29, 1.82) is 0 Å². The number of allylic oxidation sites excluding steroid dienone is 1. The topological polar surface area (TPSA) is 91.0 Å². The van der Waals surface area contributed by atoms with Gasteiger partial charge in [0.05, 0.1) is 17.9 Å². The van der Waals surface area contributed by atoms with Gasteiger partial charge in [0.25, 0.3) is 5.91 Å². The van der Waals surface area contributed by atoms with Crippen LogP contribution < -0.4 is 16.0 Å². The predicted molar refractivity (Wildman–Crippen MR) is 144 cm³/mol. The Bertz CT molecular complexity index is 1380. The number of nitrogens with zero attached hydrogens (tertiary/aromatic N) is 3. The quantitative estimate of drug-likeness (QED) is 0.436. The Balaban J connectivity index is 1.56. The van der Waals surface area contributed by atoms with E-state index in [9.17, 15) is 14.0 Å². The summed E-state index contributed by atoms with van der Waals surface area (Å²) in [6, 6.07) is 16.9. The normalized spacial score (nSPS) is 13.7. The molecule has 0 aliphatic carbocycles. The largest absolute Gasteiger partial charge is 0.405 e. The van der Waals surface area contributed by atoms with E-state index in [0.717, 1.165) is 22.4 Å². The molecule has 1 heterocycles. The van der Waals surface area contributed by atoms with Crippen LogP contribution >= 0.6 is 11.6 Å². The molecule has 0 unspecified atom stereocenters. The van der Waals surface area contributed by atoms with Gasteiger partial charge in [-0.2, -0.15) is 0 Å². The Morgan fingerprint density at radius 3 is 2.68 bits per heavy atom. The molecule has 0 saturated heterocycles. The van der Waals surface area contributed by atoms with Crippen molar-refractivity contribution < 1.29 is 14.0 Å². The zero-order valence-corrected chi connectivity index (χ0v) is 21.3. The second-order valence-electron chi connectivity index (χ2n) is 8.62. The lowest BCUT2D eigenvalue weighted by atomic mass is 10.0. The molecule has 3 amide bonds. The number of aliphatic imine (C=N–C) groups is 1. The number of hydrogen-bond donors (Lipinski definition) is 2. The van der Waals surface area contributed by atoms with Gasteiger partial charge in [0.1, 0.15) is 5.82 Å². The number of amides is 3. The lowest BCUT2D eigenvalue weighted by Crippen LogP contribution is -2.45. The van der Waals surface area contributed by atoms with E-state index in [1.165, 1.54) is 28.1 Å². The van der Waals surface area contributed by atoms with Crippen LogP contribution in [0.4, 0.5) is 14.9 Å². The van der Waals surface area contributed by atoms with E-state index in [4.69, 9.17) is 17.3 Å². The summed E-state index contributed by atoms with van der Waals surface area (Å²) in [6.07, 6.45) is 3.14. The summed E-state index contributed by atoms with van der Waals surface area (Å²) in [7, 11) is 3.36. The van der Waals surface area contributed by atoms with Crippen LogP contribution in [0.3, 0.4) is 0 Å². The first-order valence-corrected chi connectivity index (χ1v) is 12.0. The van der Waals surface area contributed by atoms with Crippen LogP contribution in [0.2, 0.25) is 5.02 Å². The van der Waals surface area contributed by atoms with Crippen molar-refractivity contribution in [2.45, 2.75) is 19.6 Å². The maximum atomic E-state index is 14.5. The van der Waals surface area contributed by atoms with Crippen molar-refractivity contribution in [3.05, 3.63) is 112 Å². The first-order valence-electron chi connectivity index (χ1n) is 11.6. The van der Waals surface area contributed by atoms with E-state index in [1.807, 2.05) is 30.3 Å². The third-order valence-corrected chi connectivity index (χ3v) is 6.51. The van der Waals surface area contributed by atoms with Crippen molar-refractivity contribution >= 4 is 34.9 Å². The van der Waals surface area contributed by atoms with Crippen molar-refractivity contribution in [3.63, 3.8) is 0 Å². The highest BCUT2D eigenvalue weighted by atomic mass is 35.5. The van der Waals surface area contributed by atoms with Gasteiger partial charge < -0.3 is 16.0 Å². The number of nitrogens with one attached hydrogen (secondary N) is 1. The van der Waals surface area contributed by atoms with Gasteiger partial charge in [0.2, 0.25) is 0 Å². The average molecular weight is 520 g/mol. The van der Waals surface area contributed by atoms with E-state index in [2.05, 4.69) is 10.3 Å². The first-order chi connectivity index (χ1) is 17.8. The number of nitrogens with two attached hydrogens (primary N) is 1. The third-order valence-electron chi connectivity index (χ3n) is 6.15. The third kappa shape index (κ3) is 5.65. The fraction of sp³-hybridized carbons (Fsp3) is 0.179. The van der Waals surface area contributed by atoms with Gasteiger partial charge in [-0.15, -0.1) is 0 Å². The fourth-order valence-corrected chi connectivity index (χ4v) is 4.46. The minimum absolute atomic E-state index is 0.0574. The number of anilines is 1. The number of carbonyl (C=O) groups excluding carboxylic acids is 2. The van der Waals surface area contributed by atoms with Gasteiger partial charge in [-0.05, 0) is 53.7 Å². The monoisotopic (exact) mass is 519 g/mol. The maximum absolute atomic E-state index is 14.5. The number of urea groups is 1. The molecule has 0 radical (unpaired) electrons. The molecule has 37 heavy (non-hydrogen) atoms. The molecule has 1 aliphatic heterocycles. The van der Waals surface area contributed by atoms with Crippen LogP contribution in [0.15, 0.2) is 77.9 Å². The Morgan fingerprint density at radius 1 is 1.16 bits per heavy atom. The summed E-state index contributed by atoms with van der Waals surface area (Å²) in [4.78, 5) is 33.3. The van der Waals surface area contributed by atoms with Gasteiger partial charge in [-0.25, -0.2) is 9.18 Å². The van der Waals surface area contributed by atoms with Gasteiger partial charge >= 0.3 is 6.03 Å². The molecular weight excluding hydrogens is 493 g/mol. The number of rotatable bonds is 7. The second-order valence-corrected chi connectivity index (χ2v) is 9.03. The second kappa shape index (κ2) is 11.3. The van der Waals surface area contributed by atoms with Crippen LogP contribution in [-0.2, 0) is 19.6 Å². The highest BCUT2D eigenvalue weighted by Gasteiger charge is 2.30. The molecule has 0 spiro atoms. The summed E-state index contributed by atoms with van der Waals surface area (Å²) >= 11 is 6.23. The van der Waals surface area contributed by atoms with E-state index >= 15 is 0 Å². The zero-order chi connectivity index (χ0) is 26.5. The van der Waals surface area contributed by atoms with Crippen LogP contribution in [0.1, 0.15) is 32.6 Å². The smallest absolute Gasteiger partial charge is 0.324 e. The molecule has 3 aromatic carbocycles. The van der Waals surface area contributed by atoms with E-state index < -0.39 is 5.82 Å². The number of benzene rings is 3. The summed E-state index contributed by atoms with van der Waals surface area (Å²) < 4.78 is 14.5. The highest BCUT2D eigenvalue weighted by molar-refractivity contribution is 6.31. The standard InChI is InChI=1S/C28H27ClFN5O2/c1-32-25(11-12-31)19-6-3-5-18(13-19)15-33-27(36)20-9-10-21-16-34(2)28(37)35(26(21)14-20)17-22-23(29)7-4-8-24(22)30/h3-14H,15-17,31H2,1-2H3,(H,33,36). The van der Waals surface area contributed by atoms with Gasteiger partial charge in [0.15, 0.2) is 0 Å². The minimum Gasteiger partial charge on any atom is -0.405 e. The lowest BCUT2D eigenvalue weighted by Gasteiger charge is -2.35. The molecule has 0 saturated carbocycles. The molecule has 7 nitrogen and oxygen atoms in total. The van der Waals surface area contributed by atoms with Gasteiger partial charge in [-0.1, -0.05) is 41.9 Å². The summed E-state index contributed by atoms with van der Waals surface area (Å²) in [5.41, 5.74) is 10.0. The molecular formula is C28H27ClFN5O2. The van der Waals surface area contributed by atoms with Crippen molar-refractivity contribution in [2.24, 2.45) is 10.7 Å². The summed E-state index contributed by atoms with van der Waals surface area (Å²) in [5, 5.41) is 3.16. The number of fused-ring (bicyclic) bond motifs is 1. The number of hydrogen-bond acceptors (Lipinski definition) is 4. The summed E-state index contributed by atoms with van der Waals surface area (Å²) in [6.45, 7) is 0.615. The molecule has 4 rings (SSSR count). The fourth-order valence-electron chi connectivity index (χ4n) is 4.23. The van der Waals surface area contributed by atoms with Gasteiger partial charge in [0, 0.05) is 48.9 Å².